The van der Waals surface area contributed by atoms with E-state index in [2.05, 4.69) is 20.6 Å². The number of nitrogens with two attached hydrogens (primary N) is 1. The van der Waals surface area contributed by atoms with E-state index in [0.717, 1.165) is 9.36 Å². The molecule has 4 aromatic rings. The van der Waals surface area contributed by atoms with Crippen molar-refractivity contribution in [1.82, 2.24) is 30.0 Å². The molecule has 0 radical (unpaired) electrons. The molecular weight excluding hydrogens is 808 g/mol. The number of halogens is 2. The number of carbonyl (C=O) groups is 4. The Balaban J connectivity index is 1.29. The van der Waals surface area contributed by atoms with Crippen LogP contribution >= 0.6 is 11.8 Å². The molecular formula is C36H39F2N7O13S. The molecule has 0 bridgehead atoms. The molecule has 4 heterocycles. The molecule has 2 aliphatic heterocycles. The summed E-state index contributed by atoms with van der Waals surface area (Å²) in [6, 6.07) is 8.06. The fraction of sp³-hybridized carbons (Fsp3) is 0.444. The van der Waals surface area contributed by atoms with E-state index in [1.807, 2.05) is 0 Å². The van der Waals surface area contributed by atoms with Gasteiger partial charge >= 0.3 is 17.9 Å². The number of aliphatic carboxylic acids is 1. The van der Waals surface area contributed by atoms with Crippen molar-refractivity contribution in [2.24, 2.45) is 5.73 Å². The number of ether oxygens (including phenoxy) is 4. The number of aliphatic hydroxyl groups is 4. The van der Waals surface area contributed by atoms with Crippen LogP contribution in [0.15, 0.2) is 60.9 Å². The third kappa shape index (κ3) is 10.6. The summed E-state index contributed by atoms with van der Waals surface area (Å²) in [6.45, 7) is -1.23. The summed E-state index contributed by atoms with van der Waals surface area (Å²) in [6.07, 6.45) is -8.56. The smallest absolute Gasteiger partial charge is 0.306 e. The minimum absolute atomic E-state index is 0.165. The van der Waals surface area contributed by atoms with Gasteiger partial charge in [0.2, 0.25) is 5.91 Å². The number of amides is 1. The van der Waals surface area contributed by atoms with E-state index in [1.165, 1.54) is 48.8 Å². The Morgan fingerprint density at radius 3 is 1.54 bits per heavy atom. The highest BCUT2D eigenvalue weighted by Crippen LogP contribution is 2.42. The van der Waals surface area contributed by atoms with Gasteiger partial charge in [0.25, 0.3) is 0 Å². The number of primary amides is 1. The molecule has 23 heteroatoms. The number of aliphatic hydroxyl groups excluding tert-OH is 4. The van der Waals surface area contributed by atoms with Gasteiger partial charge in [-0.2, -0.15) is 0 Å². The summed E-state index contributed by atoms with van der Waals surface area (Å²) in [5.41, 5.74) is 3.20. The molecule has 2 aliphatic rings. The van der Waals surface area contributed by atoms with Crippen molar-refractivity contribution in [3.05, 3.63) is 72.6 Å². The highest BCUT2D eigenvalue weighted by atomic mass is 32.2. The van der Waals surface area contributed by atoms with Crippen LogP contribution in [0.25, 0.3) is 22.5 Å². The van der Waals surface area contributed by atoms with Crippen molar-refractivity contribution in [2.75, 3.05) is 13.2 Å². The second-order valence-electron chi connectivity index (χ2n) is 13.6. The largest absolute Gasteiger partial charge is 0.481 e. The molecule has 0 aliphatic carbocycles. The van der Waals surface area contributed by atoms with E-state index >= 15 is 0 Å². The van der Waals surface area contributed by atoms with E-state index < -0.39 is 121 Å². The monoisotopic (exact) mass is 847 g/mol. The molecule has 2 aromatic heterocycles. The number of nitrogens with zero attached hydrogens (tertiary/aromatic N) is 6. The average molecular weight is 848 g/mol. The Hall–Kier alpha value is -5.43. The highest BCUT2D eigenvalue weighted by molar-refractivity contribution is 8.00. The lowest BCUT2D eigenvalue weighted by Gasteiger charge is -2.46. The maximum Gasteiger partial charge on any atom is 0.306 e. The molecule has 1 amide bonds. The second kappa shape index (κ2) is 19.1. The Kier molecular flexibility index (Phi) is 14.0. The average Bonchev–Trinajstić information content (AvgIpc) is 3.89. The summed E-state index contributed by atoms with van der Waals surface area (Å²) < 4.78 is 52.8. The number of thioether (sulfide) groups is 1. The molecule has 0 unspecified atom stereocenters. The highest BCUT2D eigenvalue weighted by Gasteiger charge is 2.52. The van der Waals surface area contributed by atoms with E-state index in [4.69, 9.17) is 29.8 Å². The van der Waals surface area contributed by atoms with Gasteiger partial charge in [0, 0.05) is 17.5 Å². The number of carbonyl (C=O) groups excluding carboxylic acids is 3. The van der Waals surface area contributed by atoms with E-state index in [9.17, 15) is 48.4 Å². The fourth-order valence-electron chi connectivity index (χ4n) is 6.43. The minimum atomic E-state index is -1.70. The van der Waals surface area contributed by atoms with Crippen molar-refractivity contribution in [3.8, 4) is 22.5 Å². The number of rotatable bonds is 16. The molecule has 0 spiro atoms. The summed E-state index contributed by atoms with van der Waals surface area (Å²) in [4.78, 5) is 47.0. The molecule has 0 saturated carbocycles. The number of carboxylic acid groups (broad SMARTS) is 1. The first-order valence-electron chi connectivity index (χ1n) is 18.0. The van der Waals surface area contributed by atoms with Crippen molar-refractivity contribution >= 4 is 35.6 Å². The molecule has 2 aromatic carbocycles. The molecule has 2 fully saturated rings. The van der Waals surface area contributed by atoms with E-state index in [1.54, 1.807) is 12.1 Å². The Morgan fingerprint density at radius 1 is 0.695 bits per heavy atom. The predicted octanol–water partition coefficient (Wildman–Crippen LogP) is 0.108. The van der Waals surface area contributed by atoms with Crippen LogP contribution in [0.5, 0.6) is 0 Å². The SMILES string of the molecule is NC(=O)CCC(=O)OC[C@H]1O[C@@H](S[C@@H]2O[C@H](COC(=O)CCC(=O)O)[C@H](O)[C@H](n3cc(-c4cccc(F)c4)nn3)[C@H]2O)[C@H](O)[C@@H](n2cc(-c3cccc(F)c3)nn2)[C@H]1O. The summed E-state index contributed by atoms with van der Waals surface area (Å²) >= 11 is 0.664. The van der Waals surface area contributed by atoms with Crippen LogP contribution in [0.1, 0.15) is 37.8 Å². The molecule has 6 rings (SSSR count). The molecule has 316 valence electrons. The maximum atomic E-state index is 14.0. The first-order chi connectivity index (χ1) is 28.2. The predicted molar refractivity (Wildman–Crippen MR) is 195 cm³/mol. The van der Waals surface area contributed by atoms with Crippen LogP contribution in [0, 0.1) is 11.6 Å². The molecule has 20 nitrogen and oxygen atoms in total. The van der Waals surface area contributed by atoms with Crippen LogP contribution in [-0.2, 0) is 38.1 Å². The topological polar surface area (TPSA) is 294 Å². The van der Waals surface area contributed by atoms with Crippen molar-refractivity contribution < 1.29 is 72.4 Å². The van der Waals surface area contributed by atoms with Gasteiger partial charge in [-0.3, -0.25) is 19.2 Å². The molecule has 7 N–H and O–H groups in total. The lowest BCUT2D eigenvalue weighted by Crippen LogP contribution is -2.58. The van der Waals surface area contributed by atoms with Crippen LogP contribution in [0.4, 0.5) is 8.78 Å². The van der Waals surface area contributed by atoms with Gasteiger partial charge in [-0.1, -0.05) is 46.5 Å². The number of aromatic nitrogens is 6. The minimum Gasteiger partial charge on any atom is -0.481 e. The Labute approximate surface area is 336 Å². The summed E-state index contributed by atoms with van der Waals surface area (Å²) in [5.74, 6) is -4.90. The zero-order chi connectivity index (χ0) is 42.4. The molecule has 59 heavy (non-hydrogen) atoms. The zero-order valence-corrected chi connectivity index (χ0v) is 31.5. The first kappa shape index (κ1) is 43.2. The van der Waals surface area contributed by atoms with Crippen LogP contribution in [0.3, 0.4) is 0 Å². The van der Waals surface area contributed by atoms with Gasteiger partial charge in [-0.05, 0) is 24.3 Å². The number of carboxylic acids is 1. The van der Waals surface area contributed by atoms with Crippen LogP contribution in [-0.4, -0.2) is 140 Å². The van der Waals surface area contributed by atoms with Gasteiger partial charge in [-0.15, -0.1) is 10.2 Å². The van der Waals surface area contributed by atoms with Gasteiger partial charge in [0.15, 0.2) is 0 Å². The van der Waals surface area contributed by atoms with Gasteiger partial charge in [-0.25, -0.2) is 18.1 Å². The first-order valence-corrected chi connectivity index (χ1v) is 19.0. The van der Waals surface area contributed by atoms with Gasteiger partial charge in [0.05, 0.1) is 31.7 Å². The Morgan fingerprint density at radius 2 is 1.14 bits per heavy atom. The number of hydrogen-bond donors (Lipinski definition) is 6. The zero-order valence-electron chi connectivity index (χ0n) is 30.7. The quantitative estimate of drug-likeness (QED) is 0.0816. The lowest BCUT2D eigenvalue weighted by molar-refractivity contribution is -0.196. The van der Waals surface area contributed by atoms with Crippen molar-refractivity contribution in [1.29, 1.82) is 0 Å². The maximum absolute atomic E-state index is 14.0. The number of benzene rings is 2. The van der Waals surface area contributed by atoms with Crippen LogP contribution < -0.4 is 5.73 Å². The van der Waals surface area contributed by atoms with Gasteiger partial charge < -0.3 is 50.2 Å². The van der Waals surface area contributed by atoms with Crippen LogP contribution in [0.2, 0.25) is 0 Å². The summed E-state index contributed by atoms with van der Waals surface area (Å²) in [5, 5.41) is 71.8. The summed E-state index contributed by atoms with van der Waals surface area (Å²) in [7, 11) is 0. The van der Waals surface area contributed by atoms with Crippen molar-refractivity contribution in [3.63, 3.8) is 0 Å². The van der Waals surface area contributed by atoms with Crippen molar-refractivity contribution in [2.45, 2.75) is 85.3 Å². The Bertz CT molecular complexity index is 1980. The standard InChI is InChI=1S/C36H39F2N7O13S/c37-19-5-1-3-17(11-19)21-13-44(42-40-21)29-31(51)23(15-55-27(49)9-7-25(39)46)57-35(33(29)53)59-36-34(54)30(32(52)24(58-36)16-56-28(50)10-8-26(47)48)45-14-22(41-43-45)18-4-2-6-20(38)12-18/h1-6,11-14,23-24,29-36,51-54H,7-10,15-16H2,(H2,39,46)(H,47,48)/t23-,24-,29+,30+,31+,32+,33-,34-,35+,36+/m1/s1. The van der Waals surface area contributed by atoms with E-state index in [-0.39, 0.29) is 24.2 Å². The van der Waals surface area contributed by atoms with E-state index in [0.29, 0.717) is 22.9 Å². The molecule has 2 saturated heterocycles. The number of hydrogen-bond acceptors (Lipinski definition) is 17. The third-order valence-corrected chi connectivity index (χ3v) is 10.7. The normalized spacial score (nSPS) is 26.9. The molecule has 10 atom stereocenters. The van der Waals surface area contributed by atoms with Gasteiger partial charge in [0.1, 0.15) is 95.8 Å². The third-order valence-electron chi connectivity index (χ3n) is 9.41. The lowest BCUT2D eigenvalue weighted by atomic mass is 9.97. The second-order valence-corrected chi connectivity index (χ2v) is 14.8. The number of esters is 2. The fourth-order valence-corrected chi connectivity index (χ4v) is 7.75.